The number of rotatable bonds is 8. The number of benzene rings is 1. The van der Waals surface area contributed by atoms with Gasteiger partial charge in [-0.15, -0.1) is 30.7 Å². The number of Topliss-reactive ketones (excluding diaryl/α,β-unsaturated/α-hetero) is 1. The van der Waals surface area contributed by atoms with E-state index in [1.807, 2.05) is 20.8 Å². The van der Waals surface area contributed by atoms with Gasteiger partial charge in [0.2, 0.25) is 0 Å². The molecule has 240 valence electrons. The fourth-order valence-electron chi connectivity index (χ4n) is 8.10. The molecule has 0 spiro atoms. The van der Waals surface area contributed by atoms with Crippen molar-refractivity contribution in [1.82, 2.24) is 5.32 Å². The van der Waals surface area contributed by atoms with Crippen molar-refractivity contribution in [3.8, 4) is 0 Å². The molecule has 2 bridgehead atoms. The van der Waals surface area contributed by atoms with E-state index in [4.69, 9.17) is 22.1 Å². The maximum Gasteiger partial charge on any atom is 0.316 e. The molecule has 1 amide bonds. The summed E-state index contributed by atoms with van der Waals surface area (Å²) in [4.78, 5) is 39.8. The minimum atomic E-state index is -0.701. The number of nitrogens with one attached hydrogen (secondary N) is 1. The van der Waals surface area contributed by atoms with Crippen molar-refractivity contribution in [2.75, 3.05) is 18.0 Å². The van der Waals surface area contributed by atoms with E-state index < -0.39 is 27.8 Å². The first-order chi connectivity index (χ1) is 19.5. The number of amides is 1. The highest BCUT2D eigenvalue weighted by Crippen LogP contribution is 2.68. The Bertz CT molecular complexity index is 1260. The van der Waals surface area contributed by atoms with E-state index in [0.29, 0.717) is 35.7 Å². The van der Waals surface area contributed by atoms with E-state index in [9.17, 15) is 19.5 Å². The van der Waals surface area contributed by atoms with E-state index in [-0.39, 0.29) is 59.0 Å². The second kappa shape index (κ2) is 12.9. The molecule has 0 saturated heterocycles. The molecular weight excluding hydrogens is 607 g/mol. The summed E-state index contributed by atoms with van der Waals surface area (Å²) in [5.41, 5.74) is 5.03. The number of thioether (sulfide) groups is 1. The van der Waals surface area contributed by atoms with Crippen LogP contribution < -0.4 is 11.1 Å². The van der Waals surface area contributed by atoms with Crippen LogP contribution in [0.4, 0.5) is 5.69 Å². The molecule has 3 fully saturated rings. The number of nitrogens with two attached hydrogens (primary N) is 1. The summed E-state index contributed by atoms with van der Waals surface area (Å²) in [6.45, 7) is 16.7. The van der Waals surface area contributed by atoms with Gasteiger partial charge in [-0.1, -0.05) is 45.4 Å². The van der Waals surface area contributed by atoms with Gasteiger partial charge < -0.3 is 20.9 Å². The molecule has 3 aliphatic rings. The normalized spacial score (nSPS) is 35.5. The van der Waals surface area contributed by atoms with E-state index >= 15 is 0 Å². The van der Waals surface area contributed by atoms with Crippen molar-refractivity contribution in [2.24, 2.45) is 34.0 Å². The van der Waals surface area contributed by atoms with Crippen molar-refractivity contribution >= 4 is 59.1 Å². The standard InChI is InChI=1S/C33H47ClN2O5S.ClH/c1-8-31(6)16-25(32(7)19(2)11-13-33(20(3)28(31)39)14-12-24(37)27(32)33)41-26(38)17-42-30(4,5)18-36-29(40)22-15-21(35)9-10-23(22)34;/h8-10,15,19-20,25,27-28,39H,1,11-14,16-18,35H2,2-7H3,(H,36,40);1H/t19-,20+,25-,27-,28+,31-,32+,33+;/m1./s1. The third-order valence-electron chi connectivity index (χ3n) is 11.1. The van der Waals surface area contributed by atoms with Gasteiger partial charge in [-0.2, -0.15) is 0 Å². The van der Waals surface area contributed by atoms with Gasteiger partial charge >= 0.3 is 5.97 Å². The summed E-state index contributed by atoms with van der Waals surface area (Å²) in [5.74, 6) is -0.552. The van der Waals surface area contributed by atoms with Gasteiger partial charge in [-0.05, 0) is 75.0 Å². The molecule has 10 heteroatoms. The molecule has 3 saturated carbocycles. The second-order valence-corrected chi connectivity index (χ2v) is 16.1. The Morgan fingerprint density at radius 2 is 1.95 bits per heavy atom. The second-order valence-electron chi connectivity index (χ2n) is 14.0. The van der Waals surface area contributed by atoms with Crippen molar-refractivity contribution in [3.63, 3.8) is 0 Å². The zero-order valence-corrected chi connectivity index (χ0v) is 28.6. The molecule has 3 aliphatic carbocycles. The predicted molar refractivity (Wildman–Crippen MR) is 177 cm³/mol. The highest BCUT2D eigenvalue weighted by atomic mass is 35.5. The number of aliphatic hydroxyl groups excluding tert-OH is 1. The molecule has 43 heavy (non-hydrogen) atoms. The number of carbonyl (C=O) groups excluding carboxylic acids is 3. The van der Waals surface area contributed by atoms with Crippen LogP contribution in [0.1, 0.15) is 84.0 Å². The van der Waals surface area contributed by atoms with E-state index in [2.05, 4.69) is 32.7 Å². The summed E-state index contributed by atoms with van der Waals surface area (Å²) in [6, 6.07) is 4.76. The highest BCUT2D eigenvalue weighted by molar-refractivity contribution is 8.01. The van der Waals surface area contributed by atoms with Gasteiger partial charge in [0.05, 0.1) is 22.4 Å². The first-order valence-corrected chi connectivity index (χ1v) is 16.4. The number of nitrogen functional groups attached to an aromatic ring is 1. The van der Waals surface area contributed by atoms with E-state index in [1.165, 1.54) is 17.8 Å². The third-order valence-corrected chi connectivity index (χ3v) is 12.7. The van der Waals surface area contributed by atoms with E-state index in [1.54, 1.807) is 18.2 Å². The Morgan fingerprint density at radius 3 is 2.60 bits per heavy atom. The summed E-state index contributed by atoms with van der Waals surface area (Å²) >= 11 is 7.57. The highest BCUT2D eigenvalue weighted by Gasteiger charge is 2.68. The minimum absolute atomic E-state index is 0. The zero-order valence-electron chi connectivity index (χ0n) is 26.2. The molecule has 0 unspecified atom stereocenters. The van der Waals surface area contributed by atoms with Crippen LogP contribution >= 0.6 is 35.8 Å². The number of carbonyl (C=O) groups is 3. The molecule has 0 radical (unpaired) electrons. The molecule has 4 N–H and O–H groups in total. The lowest BCUT2D eigenvalue weighted by atomic mass is 9.44. The number of halogens is 2. The molecule has 0 aromatic heterocycles. The van der Waals surface area contributed by atoms with Crippen LogP contribution in [0.2, 0.25) is 5.02 Å². The molecule has 0 heterocycles. The summed E-state index contributed by atoms with van der Waals surface area (Å²) in [7, 11) is 0. The lowest BCUT2D eigenvalue weighted by molar-refractivity contribution is -0.205. The first kappa shape index (κ1) is 35.7. The fourth-order valence-corrected chi connectivity index (χ4v) is 9.06. The molecular formula is C33H48Cl2N2O5S. The van der Waals surface area contributed by atoms with Crippen molar-refractivity contribution in [2.45, 2.75) is 90.6 Å². The van der Waals surface area contributed by atoms with Crippen LogP contribution in [-0.2, 0) is 14.3 Å². The molecule has 8 atom stereocenters. The number of hydrogen-bond donors (Lipinski definition) is 3. The molecule has 0 aliphatic heterocycles. The van der Waals surface area contributed by atoms with Gasteiger partial charge in [0.25, 0.3) is 5.91 Å². The number of hydrogen-bond acceptors (Lipinski definition) is 7. The van der Waals surface area contributed by atoms with Crippen LogP contribution in [0.25, 0.3) is 0 Å². The molecule has 7 nitrogen and oxygen atoms in total. The van der Waals surface area contributed by atoms with Crippen molar-refractivity contribution < 1.29 is 24.2 Å². The predicted octanol–water partition coefficient (Wildman–Crippen LogP) is 6.49. The maximum atomic E-state index is 13.6. The van der Waals surface area contributed by atoms with Crippen LogP contribution in [0.5, 0.6) is 0 Å². The van der Waals surface area contributed by atoms with Crippen LogP contribution in [0, 0.1) is 34.0 Å². The number of anilines is 1. The van der Waals surface area contributed by atoms with Crippen LogP contribution in [-0.4, -0.2) is 52.0 Å². The topological polar surface area (TPSA) is 119 Å². The lowest BCUT2D eigenvalue weighted by Crippen LogP contribution is -2.63. The quantitative estimate of drug-likeness (QED) is 0.166. The Hall–Kier alpha value is -1.74. The average Bonchev–Trinajstić information content (AvgIpc) is 3.30. The smallest absolute Gasteiger partial charge is 0.316 e. The number of esters is 1. The van der Waals surface area contributed by atoms with Crippen molar-refractivity contribution in [1.29, 1.82) is 0 Å². The monoisotopic (exact) mass is 654 g/mol. The first-order valence-electron chi connectivity index (χ1n) is 15.0. The summed E-state index contributed by atoms with van der Waals surface area (Å²) in [5, 5.41) is 14.9. The Morgan fingerprint density at radius 1 is 1.28 bits per heavy atom. The maximum absolute atomic E-state index is 13.6. The van der Waals surface area contributed by atoms with Crippen LogP contribution in [0.3, 0.4) is 0 Å². The van der Waals surface area contributed by atoms with Crippen molar-refractivity contribution in [3.05, 3.63) is 41.4 Å². The Labute approximate surface area is 271 Å². The van der Waals surface area contributed by atoms with Gasteiger partial charge in [0.15, 0.2) is 0 Å². The Kier molecular flexibility index (Phi) is 10.8. The van der Waals surface area contributed by atoms with Gasteiger partial charge in [0, 0.05) is 40.1 Å². The van der Waals surface area contributed by atoms with E-state index in [0.717, 1.165) is 19.3 Å². The molecule has 4 rings (SSSR count). The number of aliphatic hydroxyl groups is 1. The zero-order chi connectivity index (χ0) is 31.3. The number of ether oxygens (including phenoxy) is 1. The summed E-state index contributed by atoms with van der Waals surface area (Å²) in [6.07, 6.45) is 4.04. The van der Waals surface area contributed by atoms with Crippen LogP contribution in [0.15, 0.2) is 30.9 Å². The summed E-state index contributed by atoms with van der Waals surface area (Å²) < 4.78 is 5.87. The van der Waals surface area contributed by atoms with Gasteiger partial charge in [-0.3, -0.25) is 14.4 Å². The molecule has 1 aromatic carbocycles. The lowest BCUT2D eigenvalue weighted by Gasteiger charge is -2.61. The fraction of sp³-hybridized carbons (Fsp3) is 0.667. The average molecular weight is 656 g/mol. The largest absolute Gasteiger partial charge is 0.461 e. The van der Waals surface area contributed by atoms with Gasteiger partial charge in [-0.25, -0.2) is 0 Å². The third kappa shape index (κ3) is 6.49. The SMILES string of the molecule is C=C[C@]1(C)C[C@@H](OC(=O)CSC(C)(C)CNC(=O)c2cc(N)ccc2Cl)[C@]2(C)[C@H](C)CC[C@]3(CCC(=O)[C@@H]32)[C@@H](C)[C@@H]1O.Cl. The number of ketones is 1. The molecule has 1 aromatic rings. The Balaban J connectivity index is 0.00000506. The minimum Gasteiger partial charge on any atom is -0.461 e. The van der Waals surface area contributed by atoms with Gasteiger partial charge in [0.1, 0.15) is 11.9 Å².